The Morgan fingerprint density at radius 3 is 2.58 bits per heavy atom. The van der Waals surface area contributed by atoms with Gasteiger partial charge in [0.25, 0.3) is 0 Å². The molecule has 0 atom stereocenters. The van der Waals surface area contributed by atoms with Crippen LogP contribution < -0.4 is 15.4 Å². The molecule has 1 aromatic rings. The van der Waals surface area contributed by atoms with E-state index in [1.165, 1.54) is 0 Å². The van der Waals surface area contributed by atoms with Crippen LogP contribution in [0.1, 0.15) is 31.4 Å². The zero-order valence-electron chi connectivity index (χ0n) is 15.7. The number of nitrogens with zero attached hydrogens (tertiary/aromatic N) is 1. The van der Waals surface area contributed by atoms with Crippen LogP contribution in [0.15, 0.2) is 23.2 Å². The van der Waals surface area contributed by atoms with Crippen LogP contribution in [0.2, 0.25) is 0 Å². The Morgan fingerprint density at radius 2 is 1.96 bits per heavy atom. The summed E-state index contributed by atoms with van der Waals surface area (Å²) in [6.45, 7) is 6.08. The van der Waals surface area contributed by atoms with Crippen molar-refractivity contribution in [3.05, 3.63) is 29.3 Å². The number of halogens is 3. The first-order valence-electron chi connectivity index (χ1n) is 8.56. The predicted octanol–water partition coefficient (Wildman–Crippen LogP) is 3.42. The molecule has 1 rings (SSSR count). The van der Waals surface area contributed by atoms with Gasteiger partial charge >= 0.3 is 6.18 Å². The van der Waals surface area contributed by atoms with Crippen molar-refractivity contribution in [2.75, 3.05) is 26.8 Å². The van der Waals surface area contributed by atoms with Gasteiger partial charge in [-0.15, -0.1) is 0 Å². The highest BCUT2D eigenvalue weighted by atomic mass is 19.4. The molecular weight excluding hydrogens is 347 g/mol. The Hall–Kier alpha value is -1.96. The lowest BCUT2D eigenvalue weighted by Crippen LogP contribution is -2.37. The first-order chi connectivity index (χ1) is 12.2. The lowest BCUT2D eigenvalue weighted by atomic mass is 10.1. The fraction of sp³-hybridized carbons (Fsp3) is 0.611. The number of hydrogen-bond acceptors (Lipinski definition) is 3. The molecule has 0 saturated carbocycles. The zero-order chi connectivity index (χ0) is 19.6. The van der Waals surface area contributed by atoms with Crippen LogP contribution in [0.3, 0.4) is 0 Å². The van der Waals surface area contributed by atoms with Gasteiger partial charge in [0.1, 0.15) is 5.75 Å². The molecule has 0 aliphatic rings. The molecule has 0 spiro atoms. The number of rotatable bonds is 9. The topological polar surface area (TPSA) is 54.9 Å². The fourth-order valence-electron chi connectivity index (χ4n) is 2.10. The molecule has 5 nitrogen and oxygen atoms in total. The average Bonchev–Trinajstić information content (AvgIpc) is 2.55. The second kappa shape index (κ2) is 10.9. The molecule has 0 heterocycles. The number of nitrogens with one attached hydrogen (secondary N) is 2. The van der Waals surface area contributed by atoms with Gasteiger partial charge in [0, 0.05) is 32.3 Å². The summed E-state index contributed by atoms with van der Waals surface area (Å²) in [5.74, 6) is 0.785. The molecule has 8 heteroatoms. The monoisotopic (exact) mass is 375 g/mol. The minimum Gasteiger partial charge on any atom is -0.484 e. The smallest absolute Gasteiger partial charge is 0.422 e. The normalized spacial score (nSPS) is 12.4. The first-order valence-corrected chi connectivity index (χ1v) is 8.56. The fourth-order valence-corrected chi connectivity index (χ4v) is 2.10. The summed E-state index contributed by atoms with van der Waals surface area (Å²) < 4.78 is 47.6. The van der Waals surface area contributed by atoms with Crippen molar-refractivity contribution in [3.8, 4) is 5.75 Å². The largest absolute Gasteiger partial charge is 0.484 e. The Labute approximate surface area is 153 Å². The van der Waals surface area contributed by atoms with Crippen molar-refractivity contribution in [1.29, 1.82) is 0 Å². The molecule has 26 heavy (non-hydrogen) atoms. The Bertz CT molecular complexity index is 575. The second-order valence-corrected chi connectivity index (χ2v) is 6.14. The summed E-state index contributed by atoms with van der Waals surface area (Å²) in [5, 5.41) is 6.22. The van der Waals surface area contributed by atoms with Crippen molar-refractivity contribution in [1.82, 2.24) is 10.6 Å². The van der Waals surface area contributed by atoms with Crippen LogP contribution in [0, 0.1) is 6.92 Å². The molecule has 0 aliphatic carbocycles. The van der Waals surface area contributed by atoms with E-state index in [-0.39, 0.29) is 11.9 Å². The number of guanidine groups is 1. The molecular formula is C18H28F3N3O2. The van der Waals surface area contributed by atoms with Crippen LogP contribution in [-0.4, -0.2) is 45.0 Å². The molecule has 0 fully saturated rings. The Morgan fingerprint density at radius 1 is 1.23 bits per heavy atom. The Balaban J connectivity index is 2.53. The van der Waals surface area contributed by atoms with E-state index in [0.717, 1.165) is 12.0 Å². The summed E-state index contributed by atoms with van der Waals surface area (Å²) in [4.78, 5) is 4.10. The maximum atomic E-state index is 12.4. The van der Waals surface area contributed by atoms with Crippen LogP contribution >= 0.6 is 0 Å². The quantitative estimate of drug-likeness (QED) is 0.395. The highest BCUT2D eigenvalue weighted by Gasteiger charge is 2.28. The number of hydrogen-bond donors (Lipinski definition) is 2. The highest BCUT2D eigenvalue weighted by Crippen LogP contribution is 2.23. The number of ether oxygens (including phenoxy) is 2. The third kappa shape index (κ3) is 9.50. The molecule has 0 amide bonds. The van der Waals surface area contributed by atoms with Gasteiger partial charge in [-0.1, -0.05) is 12.1 Å². The summed E-state index contributed by atoms with van der Waals surface area (Å²) in [7, 11) is 1.64. The average molecular weight is 375 g/mol. The summed E-state index contributed by atoms with van der Waals surface area (Å²) >= 11 is 0. The van der Waals surface area contributed by atoms with Crippen molar-refractivity contribution < 1.29 is 22.6 Å². The third-order valence-corrected chi connectivity index (χ3v) is 3.35. The molecule has 0 radical (unpaired) electrons. The zero-order valence-corrected chi connectivity index (χ0v) is 15.7. The maximum Gasteiger partial charge on any atom is 0.422 e. The lowest BCUT2D eigenvalue weighted by molar-refractivity contribution is -0.153. The van der Waals surface area contributed by atoms with Gasteiger partial charge in [-0.25, -0.2) is 0 Å². The summed E-state index contributed by atoms with van der Waals surface area (Å²) in [5.41, 5.74) is 1.46. The van der Waals surface area contributed by atoms with Gasteiger partial charge in [0.2, 0.25) is 0 Å². The molecule has 0 aromatic heterocycles. The number of aliphatic imine (C=N–C) groups is 1. The van der Waals surface area contributed by atoms with E-state index in [0.29, 0.717) is 31.2 Å². The SMILES string of the molecule is CN=C(NCCCOC(C)C)NCc1ccc(C)cc1OCC(F)(F)F. The van der Waals surface area contributed by atoms with Gasteiger partial charge in [0.05, 0.1) is 6.10 Å². The second-order valence-electron chi connectivity index (χ2n) is 6.14. The van der Waals surface area contributed by atoms with Gasteiger partial charge in [0.15, 0.2) is 12.6 Å². The standard InChI is InChI=1S/C18H28F3N3O2/c1-13(2)25-9-5-8-23-17(22-4)24-11-15-7-6-14(3)10-16(15)26-12-18(19,20)21/h6-7,10,13H,5,8-9,11-12H2,1-4H3,(H2,22,23,24). The molecule has 0 bridgehead atoms. The van der Waals surface area contributed by atoms with E-state index in [2.05, 4.69) is 15.6 Å². The van der Waals surface area contributed by atoms with E-state index in [9.17, 15) is 13.2 Å². The minimum absolute atomic E-state index is 0.198. The number of benzene rings is 1. The summed E-state index contributed by atoms with van der Waals surface area (Å²) in [6.07, 6.45) is -3.35. The molecule has 0 saturated heterocycles. The van der Waals surface area contributed by atoms with Crippen LogP contribution in [0.25, 0.3) is 0 Å². The number of aryl methyl sites for hydroxylation is 1. The molecule has 1 aromatic carbocycles. The van der Waals surface area contributed by atoms with Crippen LogP contribution in [0.4, 0.5) is 13.2 Å². The van der Waals surface area contributed by atoms with Crippen molar-refractivity contribution in [2.24, 2.45) is 4.99 Å². The van der Waals surface area contributed by atoms with E-state index < -0.39 is 12.8 Å². The highest BCUT2D eigenvalue weighted by molar-refractivity contribution is 5.79. The molecule has 148 valence electrons. The van der Waals surface area contributed by atoms with E-state index in [4.69, 9.17) is 9.47 Å². The molecule has 0 unspecified atom stereocenters. The van der Waals surface area contributed by atoms with Crippen molar-refractivity contribution in [2.45, 2.75) is 46.0 Å². The van der Waals surface area contributed by atoms with Crippen molar-refractivity contribution >= 4 is 5.96 Å². The predicted molar refractivity (Wildman–Crippen MR) is 96.6 cm³/mol. The van der Waals surface area contributed by atoms with Gasteiger partial charge in [-0.2, -0.15) is 13.2 Å². The van der Waals surface area contributed by atoms with Gasteiger partial charge in [-0.05, 0) is 38.8 Å². The Kier molecular flexibility index (Phi) is 9.26. The number of alkyl halides is 3. The maximum absolute atomic E-state index is 12.4. The van der Waals surface area contributed by atoms with Crippen LogP contribution in [-0.2, 0) is 11.3 Å². The lowest BCUT2D eigenvalue weighted by Gasteiger charge is -2.16. The summed E-state index contributed by atoms with van der Waals surface area (Å²) in [6, 6.07) is 5.18. The van der Waals surface area contributed by atoms with Gasteiger partial charge < -0.3 is 20.1 Å². The van der Waals surface area contributed by atoms with E-state index >= 15 is 0 Å². The van der Waals surface area contributed by atoms with Gasteiger partial charge in [-0.3, -0.25) is 4.99 Å². The minimum atomic E-state index is -4.37. The third-order valence-electron chi connectivity index (χ3n) is 3.35. The molecule has 0 aliphatic heterocycles. The van der Waals surface area contributed by atoms with E-state index in [1.54, 1.807) is 26.1 Å². The first kappa shape index (κ1) is 22.1. The molecule has 2 N–H and O–H groups in total. The van der Waals surface area contributed by atoms with E-state index in [1.807, 2.05) is 19.9 Å². The van der Waals surface area contributed by atoms with Crippen molar-refractivity contribution in [3.63, 3.8) is 0 Å². The van der Waals surface area contributed by atoms with Crippen LogP contribution in [0.5, 0.6) is 5.75 Å².